The zero-order valence-electron chi connectivity index (χ0n) is 17.2. The molecule has 1 aliphatic heterocycles. The Kier molecular flexibility index (Phi) is 5.06. The highest BCUT2D eigenvalue weighted by Crippen LogP contribution is 2.52. The lowest BCUT2D eigenvalue weighted by Gasteiger charge is -2.34. The molecular formula is C21H27FN4O3. The van der Waals surface area contributed by atoms with Gasteiger partial charge in [0.05, 0.1) is 12.0 Å². The van der Waals surface area contributed by atoms with Gasteiger partial charge in [-0.1, -0.05) is 17.3 Å². The fourth-order valence-corrected chi connectivity index (χ4v) is 3.66. The van der Waals surface area contributed by atoms with Crippen LogP contribution in [0.1, 0.15) is 50.9 Å². The number of hydrogen-bond donors (Lipinski definition) is 0. The monoisotopic (exact) mass is 402 g/mol. The molecule has 29 heavy (non-hydrogen) atoms. The predicted molar refractivity (Wildman–Crippen MR) is 104 cm³/mol. The Morgan fingerprint density at radius 1 is 1.17 bits per heavy atom. The van der Waals surface area contributed by atoms with Crippen LogP contribution < -0.4 is 0 Å². The number of halogens is 1. The van der Waals surface area contributed by atoms with Gasteiger partial charge in [-0.05, 0) is 51.3 Å². The first-order chi connectivity index (χ1) is 13.7. The van der Waals surface area contributed by atoms with Gasteiger partial charge in [0, 0.05) is 26.2 Å². The summed E-state index contributed by atoms with van der Waals surface area (Å²) in [6.07, 6.45) is 1.60. The van der Waals surface area contributed by atoms with Crippen LogP contribution >= 0.6 is 0 Å². The van der Waals surface area contributed by atoms with Crippen molar-refractivity contribution >= 4 is 6.09 Å². The third kappa shape index (κ3) is 4.42. The maximum absolute atomic E-state index is 13.2. The van der Waals surface area contributed by atoms with E-state index in [0.717, 1.165) is 31.5 Å². The molecule has 2 heterocycles. The normalized spacial score (nSPS) is 19.2. The van der Waals surface area contributed by atoms with Crippen molar-refractivity contribution in [2.24, 2.45) is 0 Å². The zero-order chi connectivity index (χ0) is 20.6. The molecule has 2 aliphatic rings. The van der Waals surface area contributed by atoms with E-state index >= 15 is 0 Å². The number of rotatable bonds is 4. The first kappa shape index (κ1) is 19.8. The highest BCUT2D eigenvalue weighted by Gasteiger charge is 2.50. The summed E-state index contributed by atoms with van der Waals surface area (Å²) in [5.74, 6) is 0.995. The topological polar surface area (TPSA) is 71.7 Å². The first-order valence-corrected chi connectivity index (χ1v) is 10.0. The lowest BCUT2D eigenvalue weighted by Crippen LogP contribution is -2.49. The lowest BCUT2D eigenvalue weighted by atomic mass is 9.95. The van der Waals surface area contributed by atoms with Crippen LogP contribution in [0.3, 0.4) is 0 Å². The Balaban J connectivity index is 1.34. The fourth-order valence-electron chi connectivity index (χ4n) is 3.66. The van der Waals surface area contributed by atoms with Crippen molar-refractivity contribution in [3.63, 3.8) is 0 Å². The van der Waals surface area contributed by atoms with Crippen LogP contribution in [0.4, 0.5) is 9.18 Å². The summed E-state index contributed by atoms with van der Waals surface area (Å²) in [7, 11) is 0. The number of benzene rings is 1. The number of piperazine rings is 1. The molecule has 0 atom stereocenters. The van der Waals surface area contributed by atoms with Crippen molar-refractivity contribution in [2.75, 3.05) is 26.2 Å². The summed E-state index contributed by atoms with van der Waals surface area (Å²) in [5, 5.41) is 4.21. The summed E-state index contributed by atoms with van der Waals surface area (Å²) >= 11 is 0. The van der Waals surface area contributed by atoms with Crippen molar-refractivity contribution < 1.29 is 18.4 Å². The number of hydrogen-bond acceptors (Lipinski definition) is 6. The molecular weight excluding hydrogens is 375 g/mol. The van der Waals surface area contributed by atoms with Gasteiger partial charge in [-0.15, -0.1) is 0 Å². The average molecular weight is 402 g/mol. The van der Waals surface area contributed by atoms with Gasteiger partial charge in [0.1, 0.15) is 11.4 Å². The molecule has 2 aromatic rings. The third-order valence-electron chi connectivity index (χ3n) is 5.43. The summed E-state index contributed by atoms with van der Waals surface area (Å²) in [6, 6.07) is 6.55. The summed E-state index contributed by atoms with van der Waals surface area (Å²) < 4.78 is 24.2. The number of nitrogens with zero attached hydrogens (tertiary/aromatic N) is 4. The van der Waals surface area contributed by atoms with Crippen LogP contribution in [-0.4, -0.2) is 57.8 Å². The quantitative estimate of drug-likeness (QED) is 0.781. The van der Waals surface area contributed by atoms with Crippen LogP contribution in [0.5, 0.6) is 0 Å². The van der Waals surface area contributed by atoms with E-state index < -0.39 is 5.60 Å². The molecule has 0 unspecified atom stereocenters. The van der Waals surface area contributed by atoms with Gasteiger partial charge in [-0.3, -0.25) is 4.90 Å². The minimum atomic E-state index is -0.488. The molecule has 7 nitrogen and oxygen atoms in total. The second-order valence-corrected chi connectivity index (χ2v) is 8.84. The Morgan fingerprint density at radius 2 is 1.83 bits per heavy atom. The van der Waals surface area contributed by atoms with E-state index in [2.05, 4.69) is 15.0 Å². The molecule has 1 aromatic carbocycles. The van der Waals surface area contributed by atoms with E-state index in [1.807, 2.05) is 20.8 Å². The fraction of sp³-hybridized carbons (Fsp3) is 0.571. The maximum Gasteiger partial charge on any atom is 0.410 e. The third-order valence-corrected chi connectivity index (χ3v) is 5.43. The zero-order valence-corrected chi connectivity index (χ0v) is 17.2. The Bertz CT molecular complexity index is 863. The molecule has 0 radical (unpaired) electrons. The molecule has 0 N–H and O–H groups in total. The molecule has 1 saturated heterocycles. The van der Waals surface area contributed by atoms with E-state index in [-0.39, 0.29) is 17.3 Å². The number of carbonyl (C=O) groups excluding carboxylic acids is 1. The van der Waals surface area contributed by atoms with E-state index in [1.54, 1.807) is 17.0 Å². The summed E-state index contributed by atoms with van der Waals surface area (Å²) in [5.41, 5.74) is 0.292. The molecule has 0 bridgehead atoms. The highest BCUT2D eigenvalue weighted by molar-refractivity contribution is 5.68. The van der Waals surface area contributed by atoms with Crippen LogP contribution in [0.2, 0.25) is 0 Å². The van der Waals surface area contributed by atoms with Crippen LogP contribution in [0.15, 0.2) is 28.8 Å². The Labute approximate surface area is 169 Å². The maximum atomic E-state index is 13.2. The van der Waals surface area contributed by atoms with Crippen molar-refractivity contribution in [2.45, 2.75) is 51.2 Å². The number of aromatic nitrogens is 2. The number of ether oxygens (including phenoxy) is 1. The lowest BCUT2D eigenvalue weighted by molar-refractivity contribution is 0.0132. The van der Waals surface area contributed by atoms with Gasteiger partial charge in [0.2, 0.25) is 5.89 Å². The van der Waals surface area contributed by atoms with E-state index in [4.69, 9.17) is 9.26 Å². The molecule has 1 aromatic heterocycles. The second kappa shape index (κ2) is 7.40. The standard InChI is InChI=1S/C21H27FN4O3/c1-20(2,3)28-19(27)26-12-10-25(11-13-26)14-17-23-18(24-29-17)21(8-9-21)15-4-6-16(22)7-5-15/h4-7H,8-14H2,1-3H3. The minimum Gasteiger partial charge on any atom is -0.444 e. The molecule has 1 amide bonds. The van der Waals surface area contributed by atoms with Gasteiger partial charge < -0.3 is 14.2 Å². The molecule has 1 aliphatic carbocycles. The number of carbonyl (C=O) groups is 1. The predicted octanol–water partition coefficient (Wildman–Crippen LogP) is 3.34. The van der Waals surface area contributed by atoms with E-state index in [9.17, 15) is 9.18 Å². The largest absolute Gasteiger partial charge is 0.444 e. The molecule has 0 spiro atoms. The molecule has 2 fully saturated rings. The van der Waals surface area contributed by atoms with Crippen molar-refractivity contribution in [1.29, 1.82) is 0 Å². The van der Waals surface area contributed by atoms with Crippen LogP contribution in [0.25, 0.3) is 0 Å². The van der Waals surface area contributed by atoms with Crippen LogP contribution in [0, 0.1) is 5.82 Å². The average Bonchev–Trinajstić information content (AvgIpc) is 3.34. The van der Waals surface area contributed by atoms with Gasteiger partial charge in [0.15, 0.2) is 5.82 Å². The minimum absolute atomic E-state index is 0.245. The van der Waals surface area contributed by atoms with Gasteiger partial charge in [0.25, 0.3) is 0 Å². The summed E-state index contributed by atoms with van der Waals surface area (Å²) in [4.78, 5) is 20.7. The Hall–Kier alpha value is -2.48. The molecule has 1 saturated carbocycles. The van der Waals surface area contributed by atoms with Gasteiger partial charge in [-0.2, -0.15) is 4.98 Å². The summed E-state index contributed by atoms with van der Waals surface area (Å²) in [6.45, 7) is 8.81. The number of amides is 1. The molecule has 156 valence electrons. The molecule has 8 heteroatoms. The van der Waals surface area contributed by atoms with Crippen molar-refractivity contribution in [3.8, 4) is 0 Å². The molecule has 4 rings (SSSR count). The van der Waals surface area contributed by atoms with Gasteiger partial charge >= 0.3 is 6.09 Å². The van der Waals surface area contributed by atoms with Crippen molar-refractivity contribution in [1.82, 2.24) is 19.9 Å². The second-order valence-electron chi connectivity index (χ2n) is 8.84. The first-order valence-electron chi connectivity index (χ1n) is 10.0. The van der Waals surface area contributed by atoms with E-state index in [1.165, 1.54) is 12.1 Å². The van der Waals surface area contributed by atoms with Crippen LogP contribution in [-0.2, 0) is 16.7 Å². The Morgan fingerprint density at radius 3 is 2.41 bits per heavy atom. The smallest absolute Gasteiger partial charge is 0.410 e. The van der Waals surface area contributed by atoms with E-state index in [0.29, 0.717) is 31.3 Å². The van der Waals surface area contributed by atoms with Crippen molar-refractivity contribution in [3.05, 3.63) is 47.4 Å². The SMILES string of the molecule is CC(C)(C)OC(=O)N1CCN(Cc2nc(C3(c4ccc(F)cc4)CC3)no2)CC1. The highest BCUT2D eigenvalue weighted by atomic mass is 19.1. The van der Waals surface area contributed by atoms with Gasteiger partial charge in [-0.25, -0.2) is 9.18 Å².